The molecule has 1 nitrogen and oxygen atoms in total. The number of anilines is 1. The van der Waals surface area contributed by atoms with Gasteiger partial charge in [-0.05, 0) is 22.5 Å². The van der Waals surface area contributed by atoms with Gasteiger partial charge >= 0.3 is 0 Å². The zero-order valence-electron chi connectivity index (χ0n) is 10.6. The lowest BCUT2D eigenvalue weighted by Crippen LogP contribution is -2.19. The van der Waals surface area contributed by atoms with Crippen LogP contribution in [-0.2, 0) is 5.41 Å². The number of hydrogen-bond acceptors (Lipinski definition) is 1. The minimum Gasteiger partial charge on any atom is -0.381 e. The number of rotatable bonds is 0. The van der Waals surface area contributed by atoms with Crippen molar-refractivity contribution in [3.05, 3.63) is 29.3 Å². The number of fused-ring (bicyclic) bond motifs is 2. The predicted octanol–water partition coefficient (Wildman–Crippen LogP) is 3.69. The molecule has 0 unspecified atom stereocenters. The van der Waals surface area contributed by atoms with Gasteiger partial charge in [-0.3, -0.25) is 0 Å². The van der Waals surface area contributed by atoms with Crippen LogP contribution in [0.25, 0.3) is 0 Å². The minimum absolute atomic E-state index is 0.0541. The largest absolute Gasteiger partial charge is 0.381 e. The number of hydrogen-bond donors (Lipinski definition) is 1. The van der Waals surface area contributed by atoms with Gasteiger partial charge in [0.2, 0.25) is 0 Å². The standard InChI is InChI=1S/C14H17F2N/c1-12(2)13(3,4)14(12)7-17-11-9(14)5-8(15)6-10(11)16/h5-6,17H,7H2,1-4H3. The van der Waals surface area contributed by atoms with Crippen molar-refractivity contribution >= 4 is 5.69 Å². The molecule has 0 amide bonds. The normalized spacial score (nSPS) is 25.5. The van der Waals surface area contributed by atoms with Crippen LogP contribution in [0.1, 0.15) is 33.3 Å². The molecule has 1 aromatic carbocycles. The van der Waals surface area contributed by atoms with E-state index in [0.29, 0.717) is 12.2 Å². The topological polar surface area (TPSA) is 12.0 Å². The summed E-state index contributed by atoms with van der Waals surface area (Å²) in [5.74, 6) is -0.960. The van der Waals surface area contributed by atoms with Crippen LogP contribution in [0.4, 0.5) is 14.5 Å². The Morgan fingerprint density at radius 3 is 2.18 bits per heavy atom. The summed E-state index contributed by atoms with van der Waals surface area (Å²) in [4.78, 5) is 0. The van der Waals surface area contributed by atoms with Crippen molar-refractivity contribution in [3.8, 4) is 0 Å². The third-order valence-electron chi connectivity index (χ3n) is 5.68. The summed E-state index contributed by atoms with van der Waals surface area (Å²) < 4.78 is 27.2. The quantitative estimate of drug-likeness (QED) is 0.725. The average molecular weight is 237 g/mol. The van der Waals surface area contributed by atoms with Crippen molar-refractivity contribution in [3.63, 3.8) is 0 Å². The van der Waals surface area contributed by atoms with Gasteiger partial charge in [-0.15, -0.1) is 0 Å². The van der Waals surface area contributed by atoms with Crippen molar-refractivity contribution in [2.45, 2.75) is 33.1 Å². The predicted molar refractivity (Wildman–Crippen MR) is 64.1 cm³/mol. The molecular formula is C14H17F2N. The molecule has 1 fully saturated rings. The molecule has 1 N–H and O–H groups in total. The van der Waals surface area contributed by atoms with E-state index < -0.39 is 11.6 Å². The molecule has 1 aromatic rings. The van der Waals surface area contributed by atoms with Crippen LogP contribution >= 0.6 is 0 Å². The number of halogens is 2. The highest BCUT2D eigenvalue weighted by Crippen LogP contribution is 2.80. The molecule has 0 atom stereocenters. The van der Waals surface area contributed by atoms with Gasteiger partial charge in [0, 0.05) is 18.0 Å². The Morgan fingerprint density at radius 2 is 1.65 bits per heavy atom. The molecule has 17 heavy (non-hydrogen) atoms. The lowest BCUT2D eigenvalue weighted by molar-refractivity contribution is 0.457. The maximum atomic E-state index is 13.7. The second kappa shape index (κ2) is 2.65. The van der Waals surface area contributed by atoms with E-state index in [1.165, 1.54) is 6.07 Å². The van der Waals surface area contributed by atoms with Crippen LogP contribution in [0.5, 0.6) is 0 Å². The monoisotopic (exact) mass is 237 g/mol. The number of nitrogens with one attached hydrogen (secondary N) is 1. The highest BCUT2D eigenvalue weighted by Gasteiger charge is 2.79. The molecule has 3 rings (SSSR count). The highest BCUT2D eigenvalue weighted by molar-refractivity contribution is 5.67. The first-order chi connectivity index (χ1) is 7.75. The Kier molecular flexibility index (Phi) is 1.72. The molecule has 0 bridgehead atoms. The summed E-state index contributed by atoms with van der Waals surface area (Å²) in [5, 5.41) is 3.12. The van der Waals surface area contributed by atoms with E-state index in [4.69, 9.17) is 0 Å². The molecule has 3 heteroatoms. The zero-order valence-corrected chi connectivity index (χ0v) is 10.6. The molecule has 1 aliphatic carbocycles. The molecule has 0 radical (unpaired) electrons. The maximum absolute atomic E-state index is 13.7. The lowest BCUT2D eigenvalue weighted by atomic mass is 9.88. The summed E-state index contributed by atoms with van der Waals surface area (Å²) in [6.45, 7) is 9.39. The second-order valence-electron chi connectivity index (χ2n) is 6.32. The summed E-state index contributed by atoms with van der Waals surface area (Å²) in [6, 6.07) is 2.45. The van der Waals surface area contributed by atoms with Gasteiger partial charge in [0.25, 0.3) is 0 Å². The van der Waals surface area contributed by atoms with E-state index in [9.17, 15) is 8.78 Å². The molecule has 0 aromatic heterocycles. The summed E-state index contributed by atoms with van der Waals surface area (Å²) in [7, 11) is 0. The second-order valence-corrected chi connectivity index (χ2v) is 6.32. The Morgan fingerprint density at radius 1 is 1.06 bits per heavy atom. The molecular weight excluding hydrogens is 220 g/mol. The molecule has 1 aliphatic heterocycles. The third-order valence-corrected chi connectivity index (χ3v) is 5.68. The van der Waals surface area contributed by atoms with Crippen molar-refractivity contribution in [1.82, 2.24) is 0 Å². The molecule has 1 saturated carbocycles. The Labute approximate surface area is 100 Å². The summed E-state index contributed by atoms with van der Waals surface area (Å²) in [5.41, 5.74) is 1.27. The van der Waals surface area contributed by atoms with Crippen LogP contribution in [0, 0.1) is 22.5 Å². The van der Waals surface area contributed by atoms with Crippen LogP contribution in [0.15, 0.2) is 12.1 Å². The fraction of sp³-hybridized carbons (Fsp3) is 0.571. The summed E-state index contributed by atoms with van der Waals surface area (Å²) in [6.07, 6.45) is 0. The van der Waals surface area contributed by atoms with E-state index >= 15 is 0 Å². The van der Waals surface area contributed by atoms with Gasteiger partial charge in [-0.1, -0.05) is 27.7 Å². The van der Waals surface area contributed by atoms with Crippen molar-refractivity contribution in [2.24, 2.45) is 10.8 Å². The highest BCUT2D eigenvalue weighted by atomic mass is 19.1. The lowest BCUT2D eigenvalue weighted by Gasteiger charge is -2.14. The molecule has 0 saturated heterocycles. The van der Waals surface area contributed by atoms with Gasteiger partial charge in [0.05, 0.1) is 5.69 Å². The smallest absolute Gasteiger partial charge is 0.149 e. The SMILES string of the molecule is CC1(C)C(C)(C)C12CNc1c(F)cc(F)cc12. The fourth-order valence-corrected chi connectivity index (χ4v) is 3.95. The van der Waals surface area contributed by atoms with Crippen molar-refractivity contribution in [1.29, 1.82) is 0 Å². The van der Waals surface area contributed by atoms with Crippen LogP contribution in [0.3, 0.4) is 0 Å². The summed E-state index contributed by atoms with van der Waals surface area (Å²) >= 11 is 0. The first-order valence-corrected chi connectivity index (χ1v) is 5.99. The van der Waals surface area contributed by atoms with Gasteiger partial charge < -0.3 is 5.32 Å². The van der Waals surface area contributed by atoms with E-state index in [0.717, 1.165) is 11.6 Å². The Hall–Kier alpha value is -1.12. The van der Waals surface area contributed by atoms with Gasteiger partial charge in [-0.2, -0.15) is 0 Å². The van der Waals surface area contributed by atoms with Gasteiger partial charge in [0.15, 0.2) is 0 Å². The first kappa shape index (κ1) is 11.0. The van der Waals surface area contributed by atoms with Crippen LogP contribution in [0.2, 0.25) is 0 Å². The minimum atomic E-state index is -0.483. The molecule has 1 spiro atoms. The Bertz CT molecular complexity index is 503. The van der Waals surface area contributed by atoms with Crippen LogP contribution in [-0.4, -0.2) is 6.54 Å². The fourth-order valence-electron chi connectivity index (χ4n) is 3.95. The van der Waals surface area contributed by atoms with E-state index in [2.05, 4.69) is 33.0 Å². The van der Waals surface area contributed by atoms with Gasteiger partial charge in [0.1, 0.15) is 11.6 Å². The number of benzene rings is 1. The zero-order chi connectivity index (χ0) is 12.6. The first-order valence-electron chi connectivity index (χ1n) is 5.99. The third kappa shape index (κ3) is 0.917. The van der Waals surface area contributed by atoms with Crippen molar-refractivity contribution in [2.75, 3.05) is 11.9 Å². The van der Waals surface area contributed by atoms with E-state index in [-0.39, 0.29) is 16.2 Å². The molecule has 1 heterocycles. The average Bonchev–Trinajstić information content (AvgIpc) is 2.53. The van der Waals surface area contributed by atoms with E-state index in [1.54, 1.807) is 0 Å². The molecule has 92 valence electrons. The van der Waals surface area contributed by atoms with Crippen molar-refractivity contribution < 1.29 is 8.78 Å². The maximum Gasteiger partial charge on any atom is 0.149 e. The van der Waals surface area contributed by atoms with E-state index in [1.807, 2.05) is 0 Å². The van der Waals surface area contributed by atoms with Crippen LogP contribution < -0.4 is 5.32 Å². The van der Waals surface area contributed by atoms with Gasteiger partial charge in [-0.25, -0.2) is 8.78 Å². The molecule has 2 aliphatic rings. The Balaban J connectivity index is 2.25.